The maximum Gasteiger partial charge on any atom is 0.337 e. The Morgan fingerprint density at radius 2 is 1.85 bits per heavy atom. The van der Waals surface area contributed by atoms with Crippen LogP contribution in [-0.2, 0) is 30.7 Å². The van der Waals surface area contributed by atoms with E-state index in [0.29, 0.717) is 28.9 Å². The van der Waals surface area contributed by atoms with E-state index in [1.54, 1.807) is 27.7 Å². The van der Waals surface area contributed by atoms with E-state index in [1.807, 2.05) is 0 Å². The number of hydrogen-bond acceptors (Lipinski definition) is 7. The molecule has 0 N–H and O–H groups in total. The van der Waals surface area contributed by atoms with Crippen LogP contribution < -0.4 is 4.80 Å². The number of terminal acetylenes is 1. The number of hydrogen-bond donors (Lipinski definition) is 0. The fourth-order valence-electron chi connectivity index (χ4n) is 3.63. The number of carbonyl (C=O) groups is 3. The molecule has 0 saturated carbocycles. The Kier molecular flexibility index (Phi) is 8.05. The first-order valence-electron chi connectivity index (χ1n) is 10.4. The van der Waals surface area contributed by atoms with Crippen LogP contribution in [0, 0.1) is 12.3 Å². The summed E-state index contributed by atoms with van der Waals surface area (Å²) < 4.78 is 31.9. The fourth-order valence-corrected chi connectivity index (χ4v) is 5.81. The monoisotopic (exact) mass is 491 g/mol. The molecule has 0 unspecified atom stereocenters. The predicted octanol–water partition coefficient (Wildman–Crippen LogP) is 1.37. The lowest BCUT2D eigenvalue weighted by molar-refractivity contribution is -0.128. The SMILES string of the molecule is C#CCn1c(=NC(=O)CS(=O)(=O)CC(=O)N2CCCCCC2)sc2cc(C(=O)OC)ccc21. The number of thiazole rings is 1. The Balaban J connectivity index is 1.82. The minimum Gasteiger partial charge on any atom is -0.465 e. The first kappa shape index (κ1) is 24.7. The molecule has 1 aromatic carbocycles. The van der Waals surface area contributed by atoms with E-state index in [1.165, 1.54) is 7.11 Å². The van der Waals surface area contributed by atoms with Crippen molar-refractivity contribution < 1.29 is 27.5 Å². The standard InChI is InChI=1S/C22H25N3O6S2/c1-3-10-25-17-9-8-16(21(28)31-2)13-18(17)32-22(25)23-19(26)14-33(29,30)15-20(27)24-11-6-4-5-7-12-24/h1,8-9,13H,4-7,10-12,14-15H2,2H3. The van der Waals surface area contributed by atoms with Crippen molar-refractivity contribution in [1.82, 2.24) is 9.47 Å². The van der Waals surface area contributed by atoms with Crippen LogP contribution in [-0.4, -0.2) is 67.4 Å². The van der Waals surface area contributed by atoms with Gasteiger partial charge in [-0.15, -0.1) is 6.42 Å². The minimum absolute atomic E-state index is 0.101. The normalized spacial score (nSPS) is 15.2. The zero-order valence-corrected chi connectivity index (χ0v) is 19.9. The topological polar surface area (TPSA) is 115 Å². The minimum atomic E-state index is -3.98. The predicted molar refractivity (Wildman–Crippen MR) is 124 cm³/mol. The molecule has 1 aromatic heterocycles. The quantitative estimate of drug-likeness (QED) is 0.445. The maximum absolute atomic E-state index is 12.5. The lowest BCUT2D eigenvalue weighted by Crippen LogP contribution is -2.37. The summed E-state index contributed by atoms with van der Waals surface area (Å²) in [6, 6.07) is 4.83. The van der Waals surface area contributed by atoms with Crippen molar-refractivity contribution >= 4 is 49.2 Å². The van der Waals surface area contributed by atoms with Crippen LogP contribution >= 0.6 is 11.3 Å². The van der Waals surface area contributed by atoms with Gasteiger partial charge in [0.05, 0.1) is 29.4 Å². The Morgan fingerprint density at radius 3 is 2.48 bits per heavy atom. The zero-order chi connectivity index (χ0) is 24.0. The van der Waals surface area contributed by atoms with Crippen LogP contribution in [0.4, 0.5) is 0 Å². The second-order valence-corrected chi connectivity index (χ2v) is 10.8. The van der Waals surface area contributed by atoms with Crippen LogP contribution in [0.1, 0.15) is 36.0 Å². The summed E-state index contributed by atoms with van der Waals surface area (Å²) in [5, 5.41) is 0. The number of benzene rings is 1. The van der Waals surface area contributed by atoms with E-state index in [0.717, 1.165) is 37.0 Å². The maximum atomic E-state index is 12.5. The number of aromatic nitrogens is 1. The number of methoxy groups -OCH3 is 1. The van der Waals surface area contributed by atoms with E-state index in [2.05, 4.69) is 10.9 Å². The first-order valence-corrected chi connectivity index (χ1v) is 13.1. The average molecular weight is 492 g/mol. The largest absolute Gasteiger partial charge is 0.465 e. The smallest absolute Gasteiger partial charge is 0.337 e. The van der Waals surface area contributed by atoms with Gasteiger partial charge in [-0.2, -0.15) is 4.99 Å². The molecule has 1 aliphatic rings. The van der Waals surface area contributed by atoms with Crippen molar-refractivity contribution in [1.29, 1.82) is 0 Å². The molecular formula is C22H25N3O6S2. The van der Waals surface area contributed by atoms with E-state index in [-0.39, 0.29) is 11.3 Å². The van der Waals surface area contributed by atoms with Crippen molar-refractivity contribution in [3.63, 3.8) is 0 Å². The molecule has 0 atom stereocenters. The molecular weight excluding hydrogens is 466 g/mol. The van der Waals surface area contributed by atoms with Gasteiger partial charge < -0.3 is 14.2 Å². The molecule has 0 radical (unpaired) electrons. The van der Waals surface area contributed by atoms with Crippen LogP contribution in [0.15, 0.2) is 23.2 Å². The lowest BCUT2D eigenvalue weighted by Gasteiger charge is -2.19. The second-order valence-electron chi connectivity index (χ2n) is 7.68. The number of rotatable bonds is 6. The number of amides is 2. The summed E-state index contributed by atoms with van der Waals surface area (Å²) >= 11 is 1.10. The third-order valence-corrected chi connectivity index (χ3v) is 7.63. The van der Waals surface area contributed by atoms with Gasteiger partial charge in [0, 0.05) is 13.1 Å². The van der Waals surface area contributed by atoms with Crippen LogP contribution in [0.25, 0.3) is 10.2 Å². The number of ether oxygens (including phenoxy) is 1. The fraction of sp³-hybridized carbons (Fsp3) is 0.455. The third-order valence-electron chi connectivity index (χ3n) is 5.22. The Labute approximate surface area is 196 Å². The molecule has 2 aromatic rings. The number of nitrogens with zero attached hydrogens (tertiary/aromatic N) is 3. The molecule has 9 nitrogen and oxygen atoms in total. The van der Waals surface area contributed by atoms with Gasteiger partial charge >= 0.3 is 5.97 Å². The Hall–Kier alpha value is -2.97. The molecule has 1 fully saturated rings. The second kappa shape index (κ2) is 10.8. The number of sulfone groups is 1. The highest BCUT2D eigenvalue weighted by atomic mass is 32.2. The van der Waals surface area contributed by atoms with Gasteiger partial charge in [-0.05, 0) is 31.0 Å². The summed E-state index contributed by atoms with van der Waals surface area (Å²) in [7, 11) is -2.70. The molecule has 1 aliphatic heterocycles. The van der Waals surface area contributed by atoms with Crippen molar-refractivity contribution in [3.05, 3.63) is 28.6 Å². The molecule has 2 amide bonds. The highest BCUT2D eigenvalue weighted by molar-refractivity contribution is 7.92. The van der Waals surface area contributed by atoms with Gasteiger partial charge in [0.2, 0.25) is 5.91 Å². The Morgan fingerprint density at radius 1 is 1.15 bits per heavy atom. The molecule has 1 saturated heterocycles. The van der Waals surface area contributed by atoms with Crippen molar-refractivity contribution in [3.8, 4) is 12.3 Å². The van der Waals surface area contributed by atoms with E-state index in [9.17, 15) is 22.8 Å². The lowest BCUT2D eigenvalue weighted by atomic mass is 10.2. The number of fused-ring (bicyclic) bond motifs is 1. The number of esters is 1. The van der Waals surface area contributed by atoms with E-state index < -0.39 is 39.1 Å². The van der Waals surface area contributed by atoms with Crippen molar-refractivity contribution in [2.45, 2.75) is 32.2 Å². The summed E-state index contributed by atoms with van der Waals surface area (Å²) in [5.41, 5.74) is 0.975. The van der Waals surface area contributed by atoms with Crippen molar-refractivity contribution in [2.75, 3.05) is 31.7 Å². The highest BCUT2D eigenvalue weighted by Gasteiger charge is 2.25. The summed E-state index contributed by atoms with van der Waals surface area (Å²) in [5.74, 6) is -0.985. The zero-order valence-electron chi connectivity index (χ0n) is 18.3. The summed E-state index contributed by atoms with van der Waals surface area (Å²) in [6.45, 7) is 1.17. The van der Waals surface area contributed by atoms with Gasteiger partial charge in [0.25, 0.3) is 5.91 Å². The highest BCUT2D eigenvalue weighted by Crippen LogP contribution is 2.20. The first-order chi connectivity index (χ1) is 15.7. The van der Waals surface area contributed by atoms with Gasteiger partial charge in [0.15, 0.2) is 14.6 Å². The van der Waals surface area contributed by atoms with Gasteiger partial charge in [-0.3, -0.25) is 9.59 Å². The van der Waals surface area contributed by atoms with Crippen molar-refractivity contribution in [2.24, 2.45) is 4.99 Å². The molecule has 0 aliphatic carbocycles. The molecule has 33 heavy (non-hydrogen) atoms. The van der Waals surface area contributed by atoms with Crippen LogP contribution in [0.2, 0.25) is 0 Å². The summed E-state index contributed by atoms with van der Waals surface area (Å²) in [4.78, 5) is 42.4. The van der Waals surface area contributed by atoms with Gasteiger partial charge in [-0.1, -0.05) is 30.1 Å². The number of carbonyl (C=O) groups excluding carboxylic acids is 3. The third kappa shape index (κ3) is 6.30. The average Bonchev–Trinajstić information content (AvgIpc) is 2.93. The number of likely N-dealkylation sites (tertiary alicyclic amines) is 1. The van der Waals surface area contributed by atoms with Crippen LogP contribution in [0.5, 0.6) is 0 Å². The van der Waals surface area contributed by atoms with Crippen LogP contribution in [0.3, 0.4) is 0 Å². The molecule has 3 rings (SSSR count). The van der Waals surface area contributed by atoms with Gasteiger partial charge in [-0.25, -0.2) is 13.2 Å². The summed E-state index contributed by atoms with van der Waals surface area (Å²) in [6.07, 6.45) is 9.17. The molecule has 0 spiro atoms. The van der Waals surface area contributed by atoms with E-state index >= 15 is 0 Å². The molecule has 0 bridgehead atoms. The molecule has 11 heteroatoms. The molecule has 176 valence electrons. The molecule has 2 heterocycles. The Bertz CT molecular complexity index is 1280. The van der Waals surface area contributed by atoms with E-state index in [4.69, 9.17) is 11.2 Å². The van der Waals surface area contributed by atoms with Gasteiger partial charge in [0.1, 0.15) is 11.5 Å².